The fraction of sp³-hybridized carbons (Fsp3) is 0. The highest BCUT2D eigenvalue weighted by Gasteiger charge is 2.19. The number of hydrogen-bond donors (Lipinski definition) is 0. The predicted molar refractivity (Wildman–Crippen MR) is 237 cm³/mol. The summed E-state index contributed by atoms with van der Waals surface area (Å²) in [7, 11) is 0. The summed E-state index contributed by atoms with van der Waals surface area (Å²) >= 11 is 0. The van der Waals surface area contributed by atoms with E-state index < -0.39 is 0 Å². The molecular formula is C53H33N3. The van der Waals surface area contributed by atoms with Crippen LogP contribution >= 0.6 is 0 Å². The number of rotatable bonds is 5. The van der Waals surface area contributed by atoms with Crippen molar-refractivity contribution in [3.63, 3.8) is 0 Å². The molecule has 9 aromatic carbocycles. The standard InChI is InChI=1S/C53H33N3/c1-2-12-45-43(11-1)35(20-18-34-19-21-38-31-41(26-24-37(38)29-34)55-48-15-5-3-13-46(48)47-14-4-6-16-49(47)55)25-27-44(45)40-30-39-23-22-36-9-7-17-50-52(36)53(39)51(32-40)56(50)42-10-8-28-54-33-42/h1-33H/b20-18+. The molecule has 0 saturated heterocycles. The molecule has 0 aliphatic carbocycles. The molecule has 56 heavy (non-hydrogen) atoms. The molecule has 0 bridgehead atoms. The van der Waals surface area contributed by atoms with Crippen LogP contribution in [0, 0.1) is 0 Å². The number of nitrogens with zero attached hydrogens (tertiary/aromatic N) is 3. The van der Waals surface area contributed by atoms with Crippen molar-refractivity contribution >= 4 is 88.1 Å². The van der Waals surface area contributed by atoms with Gasteiger partial charge in [-0.3, -0.25) is 4.98 Å². The monoisotopic (exact) mass is 711 g/mol. The van der Waals surface area contributed by atoms with Crippen LogP contribution in [0.2, 0.25) is 0 Å². The Morgan fingerprint density at radius 2 is 1.07 bits per heavy atom. The number of pyridine rings is 1. The molecule has 0 amide bonds. The molecule has 3 aromatic heterocycles. The van der Waals surface area contributed by atoms with Crippen molar-refractivity contribution in [2.24, 2.45) is 0 Å². The second-order valence-corrected chi connectivity index (χ2v) is 14.8. The summed E-state index contributed by atoms with van der Waals surface area (Å²) in [6, 6.07) is 64.3. The van der Waals surface area contributed by atoms with Crippen molar-refractivity contribution < 1.29 is 0 Å². The van der Waals surface area contributed by atoms with Gasteiger partial charge in [-0.2, -0.15) is 0 Å². The van der Waals surface area contributed by atoms with Crippen molar-refractivity contribution in [3.05, 3.63) is 199 Å². The number of para-hydroxylation sites is 2. The minimum atomic E-state index is 1.07. The number of aromatic nitrogens is 3. The molecular weight excluding hydrogens is 679 g/mol. The first-order chi connectivity index (χ1) is 27.8. The van der Waals surface area contributed by atoms with Crippen LogP contribution in [0.3, 0.4) is 0 Å². The Balaban J connectivity index is 0.934. The molecule has 0 fully saturated rings. The normalized spacial score (nSPS) is 12.2. The van der Waals surface area contributed by atoms with Crippen LogP contribution in [0.15, 0.2) is 188 Å². The van der Waals surface area contributed by atoms with Crippen LogP contribution in [0.5, 0.6) is 0 Å². The van der Waals surface area contributed by atoms with Gasteiger partial charge < -0.3 is 9.13 Å². The Hall–Kier alpha value is -7.49. The van der Waals surface area contributed by atoms with Gasteiger partial charge in [0.2, 0.25) is 0 Å². The van der Waals surface area contributed by atoms with Crippen molar-refractivity contribution in [2.75, 3.05) is 0 Å². The molecule has 12 aromatic rings. The molecule has 0 N–H and O–H groups in total. The summed E-state index contributed by atoms with van der Waals surface area (Å²) in [4.78, 5) is 4.49. The fourth-order valence-corrected chi connectivity index (χ4v) is 9.21. The summed E-state index contributed by atoms with van der Waals surface area (Å²) in [5, 5.41) is 12.6. The molecule has 3 nitrogen and oxygen atoms in total. The summed E-state index contributed by atoms with van der Waals surface area (Å²) in [6.07, 6.45) is 8.30. The topological polar surface area (TPSA) is 22.8 Å². The molecule has 0 unspecified atom stereocenters. The van der Waals surface area contributed by atoms with Crippen LogP contribution < -0.4 is 0 Å². The number of benzene rings is 9. The van der Waals surface area contributed by atoms with Crippen LogP contribution in [0.1, 0.15) is 11.1 Å². The second-order valence-electron chi connectivity index (χ2n) is 14.8. The SMILES string of the molecule is C(=C\c1ccc(-c2cc3ccc4cccc5c4c3c(c2)n5-c2cccnc2)c2ccccc12)/c1ccc2cc(-n3c4ccccc4c4ccccc43)ccc2c1. The van der Waals surface area contributed by atoms with E-state index in [1.54, 1.807) is 0 Å². The first-order valence-electron chi connectivity index (χ1n) is 19.2. The Morgan fingerprint density at radius 1 is 0.393 bits per heavy atom. The van der Waals surface area contributed by atoms with E-state index in [1.165, 1.54) is 104 Å². The lowest BCUT2D eigenvalue weighted by Crippen LogP contribution is -1.94. The van der Waals surface area contributed by atoms with Crippen LogP contribution in [-0.2, 0) is 0 Å². The average Bonchev–Trinajstić information content (AvgIpc) is 3.78. The molecule has 0 aliphatic heterocycles. The highest BCUT2D eigenvalue weighted by atomic mass is 15.0. The zero-order chi connectivity index (χ0) is 36.7. The maximum atomic E-state index is 4.49. The van der Waals surface area contributed by atoms with Gasteiger partial charge in [-0.25, -0.2) is 0 Å². The number of hydrogen-bond acceptors (Lipinski definition) is 1. The van der Waals surface area contributed by atoms with E-state index in [4.69, 9.17) is 0 Å². The van der Waals surface area contributed by atoms with Gasteiger partial charge >= 0.3 is 0 Å². The van der Waals surface area contributed by atoms with Gasteiger partial charge in [-0.1, -0.05) is 127 Å². The lowest BCUT2D eigenvalue weighted by atomic mass is 9.92. The minimum absolute atomic E-state index is 1.07. The van der Waals surface area contributed by atoms with E-state index in [9.17, 15) is 0 Å². The minimum Gasteiger partial charge on any atom is -0.309 e. The molecule has 0 spiro atoms. The Bertz CT molecular complexity index is 3480. The molecule has 0 radical (unpaired) electrons. The predicted octanol–water partition coefficient (Wildman–Crippen LogP) is 14.0. The molecule has 3 heterocycles. The van der Waals surface area contributed by atoms with Gasteiger partial charge in [0.25, 0.3) is 0 Å². The second kappa shape index (κ2) is 12.0. The molecule has 0 aliphatic rings. The van der Waals surface area contributed by atoms with E-state index in [-0.39, 0.29) is 0 Å². The maximum Gasteiger partial charge on any atom is 0.0645 e. The van der Waals surface area contributed by atoms with Crippen molar-refractivity contribution in [1.82, 2.24) is 14.1 Å². The summed E-state index contributed by atoms with van der Waals surface area (Å²) in [5.41, 5.74) is 11.9. The van der Waals surface area contributed by atoms with Crippen molar-refractivity contribution in [2.45, 2.75) is 0 Å². The van der Waals surface area contributed by atoms with Gasteiger partial charge in [-0.05, 0) is 115 Å². The smallest absolute Gasteiger partial charge is 0.0645 e. The summed E-state index contributed by atoms with van der Waals surface area (Å²) in [6.45, 7) is 0. The molecule has 12 rings (SSSR count). The first-order valence-corrected chi connectivity index (χ1v) is 19.2. The molecule has 260 valence electrons. The summed E-state index contributed by atoms with van der Waals surface area (Å²) < 4.78 is 4.75. The van der Waals surface area contributed by atoms with Crippen LogP contribution in [-0.4, -0.2) is 14.1 Å². The van der Waals surface area contributed by atoms with Gasteiger partial charge in [0.1, 0.15) is 0 Å². The van der Waals surface area contributed by atoms with E-state index in [2.05, 4.69) is 196 Å². The van der Waals surface area contributed by atoms with Crippen LogP contribution in [0.4, 0.5) is 0 Å². The highest BCUT2D eigenvalue weighted by Crippen LogP contribution is 2.42. The largest absolute Gasteiger partial charge is 0.309 e. The van der Waals surface area contributed by atoms with Crippen molar-refractivity contribution in [1.29, 1.82) is 0 Å². The Labute approximate surface area is 323 Å². The van der Waals surface area contributed by atoms with E-state index in [1.807, 2.05) is 18.5 Å². The van der Waals surface area contributed by atoms with E-state index >= 15 is 0 Å². The van der Waals surface area contributed by atoms with Crippen molar-refractivity contribution in [3.8, 4) is 22.5 Å². The Morgan fingerprint density at radius 3 is 1.89 bits per heavy atom. The average molecular weight is 712 g/mol. The highest BCUT2D eigenvalue weighted by molar-refractivity contribution is 6.25. The molecule has 3 heteroatoms. The van der Waals surface area contributed by atoms with Gasteiger partial charge in [0, 0.05) is 33.4 Å². The van der Waals surface area contributed by atoms with Crippen LogP contribution in [0.25, 0.3) is 111 Å². The third kappa shape index (κ3) is 4.61. The zero-order valence-electron chi connectivity index (χ0n) is 30.4. The number of fused-ring (bicyclic) bond motifs is 5. The maximum absolute atomic E-state index is 4.49. The van der Waals surface area contributed by atoms with E-state index in [0.29, 0.717) is 0 Å². The van der Waals surface area contributed by atoms with Gasteiger partial charge in [0.05, 0.1) is 34.0 Å². The lowest BCUT2D eigenvalue weighted by molar-refractivity contribution is 1.14. The summed E-state index contributed by atoms with van der Waals surface area (Å²) in [5.74, 6) is 0. The first kappa shape index (κ1) is 30.9. The van der Waals surface area contributed by atoms with E-state index in [0.717, 1.165) is 5.69 Å². The van der Waals surface area contributed by atoms with Gasteiger partial charge in [0.15, 0.2) is 0 Å². The molecule has 0 atom stereocenters. The van der Waals surface area contributed by atoms with Gasteiger partial charge in [-0.15, -0.1) is 0 Å². The lowest BCUT2D eigenvalue weighted by Gasteiger charge is -2.13. The quantitative estimate of drug-likeness (QED) is 0.129. The zero-order valence-corrected chi connectivity index (χ0v) is 30.4. The third-order valence-corrected chi connectivity index (χ3v) is 11.7. The fourth-order valence-electron chi connectivity index (χ4n) is 9.21. The third-order valence-electron chi connectivity index (χ3n) is 11.7. The molecule has 0 saturated carbocycles. The Kier molecular flexibility index (Phi) is 6.63.